The summed E-state index contributed by atoms with van der Waals surface area (Å²) in [6.07, 6.45) is 12.5. The SMILES string of the molecule is CCOCCOCCOCCNC(=O)CCCCCCCCCCCCC(=O)OCc1ccccc1. The predicted molar refractivity (Wildman–Crippen MR) is 143 cm³/mol. The summed E-state index contributed by atoms with van der Waals surface area (Å²) in [6, 6.07) is 9.79. The van der Waals surface area contributed by atoms with E-state index in [-0.39, 0.29) is 11.9 Å². The molecule has 0 saturated heterocycles. The molecule has 1 aromatic rings. The number of nitrogens with one attached hydrogen (secondary N) is 1. The number of hydrogen-bond acceptors (Lipinski definition) is 6. The highest BCUT2D eigenvalue weighted by Gasteiger charge is 2.04. The van der Waals surface area contributed by atoms with Crippen LogP contribution < -0.4 is 5.32 Å². The van der Waals surface area contributed by atoms with E-state index in [1.165, 1.54) is 38.5 Å². The topological polar surface area (TPSA) is 83.1 Å². The highest BCUT2D eigenvalue weighted by molar-refractivity contribution is 5.75. The van der Waals surface area contributed by atoms with Gasteiger partial charge in [-0.15, -0.1) is 0 Å². The fraction of sp³-hybridized carbons (Fsp3) is 0.724. The zero-order valence-electron chi connectivity index (χ0n) is 22.5. The van der Waals surface area contributed by atoms with E-state index in [9.17, 15) is 9.59 Å². The minimum absolute atomic E-state index is 0.101. The average molecular weight is 508 g/mol. The second-order valence-electron chi connectivity index (χ2n) is 8.95. The van der Waals surface area contributed by atoms with E-state index in [4.69, 9.17) is 18.9 Å². The zero-order chi connectivity index (χ0) is 25.9. The Morgan fingerprint density at radius 2 is 1.19 bits per heavy atom. The van der Waals surface area contributed by atoms with E-state index >= 15 is 0 Å². The fourth-order valence-corrected chi connectivity index (χ4v) is 3.71. The third-order valence-corrected chi connectivity index (χ3v) is 5.79. The molecule has 0 unspecified atom stereocenters. The van der Waals surface area contributed by atoms with Gasteiger partial charge in [0.2, 0.25) is 5.91 Å². The molecule has 1 aromatic carbocycles. The van der Waals surface area contributed by atoms with Crippen LogP contribution in [0.1, 0.15) is 89.5 Å². The van der Waals surface area contributed by atoms with Crippen molar-refractivity contribution in [3.63, 3.8) is 0 Å². The summed E-state index contributed by atoms with van der Waals surface area (Å²) in [4.78, 5) is 23.6. The number of carbonyl (C=O) groups excluding carboxylic acids is 2. The number of rotatable bonds is 25. The number of unbranched alkanes of at least 4 members (excludes halogenated alkanes) is 9. The van der Waals surface area contributed by atoms with Gasteiger partial charge in [-0.25, -0.2) is 0 Å². The molecule has 1 rings (SSSR count). The van der Waals surface area contributed by atoms with Crippen LogP contribution in [0.25, 0.3) is 0 Å². The number of carbonyl (C=O) groups is 2. The Bertz CT molecular complexity index is 640. The third-order valence-electron chi connectivity index (χ3n) is 5.79. The fourth-order valence-electron chi connectivity index (χ4n) is 3.71. The van der Waals surface area contributed by atoms with Crippen molar-refractivity contribution in [3.8, 4) is 0 Å². The van der Waals surface area contributed by atoms with Crippen LogP contribution in [0.15, 0.2) is 30.3 Å². The molecule has 0 aliphatic heterocycles. The van der Waals surface area contributed by atoms with Crippen molar-refractivity contribution in [1.82, 2.24) is 5.32 Å². The van der Waals surface area contributed by atoms with Gasteiger partial charge in [-0.2, -0.15) is 0 Å². The Labute approximate surface area is 218 Å². The standard InChI is InChI=1S/C29H49NO6/c1-2-33-22-23-35-25-24-34-21-20-30-28(31)18-14-9-7-5-3-4-6-8-10-15-19-29(32)36-26-27-16-12-11-13-17-27/h11-13,16-17H,2-10,14-15,18-26H2,1H3,(H,30,31). The van der Waals surface area contributed by atoms with E-state index in [1.807, 2.05) is 37.3 Å². The summed E-state index contributed by atoms with van der Waals surface area (Å²) in [5, 5.41) is 2.90. The molecular weight excluding hydrogens is 458 g/mol. The van der Waals surface area contributed by atoms with Crippen molar-refractivity contribution in [2.24, 2.45) is 0 Å². The predicted octanol–water partition coefficient (Wildman–Crippen LogP) is 5.60. The lowest BCUT2D eigenvalue weighted by molar-refractivity contribution is -0.145. The van der Waals surface area contributed by atoms with Crippen LogP contribution in [-0.4, -0.2) is 58.1 Å². The first-order valence-corrected chi connectivity index (χ1v) is 13.9. The molecule has 0 fully saturated rings. The van der Waals surface area contributed by atoms with Crippen LogP contribution >= 0.6 is 0 Å². The van der Waals surface area contributed by atoms with E-state index < -0.39 is 0 Å². The lowest BCUT2D eigenvalue weighted by atomic mass is 10.1. The first kappa shape index (κ1) is 32.1. The minimum Gasteiger partial charge on any atom is -0.461 e. The Hall–Kier alpha value is -1.96. The van der Waals surface area contributed by atoms with Crippen molar-refractivity contribution >= 4 is 11.9 Å². The van der Waals surface area contributed by atoms with Crippen molar-refractivity contribution in [2.45, 2.75) is 90.6 Å². The molecule has 0 aromatic heterocycles. The molecule has 1 N–H and O–H groups in total. The summed E-state index contributed by atoms with van der Waals surface area (Å²) in [7, 11) is 0. The van der Waals surface area contributed by atoms with Gasteiger partial charge in [-0.05, 0) is 25.3 Å². The Morgan fingerprint density at radius 1 is 0.667 bits per heavy atom. The molecule has 0 saturated carbocycles. The van der Waals surface area contributed by atoms with Gasteiger partial charge < -0.3 is 24.3 Å². The van der Waals surface area contributed by atoms with Crippen LogP contribution in [0, 0.1) is 0 Å². The van der Waals surface area contributed by atoms with E-state index in [1.54, 1.807) is 0 Å². The summed E-state index contributed by atoms with van der Waals surface area (Å²) in [5.74, 6) is 0.00577. The zero-order valence-corrected chi connectivity index (χ0v) is 22.5. The van der Waals surface area contributed by atoms with Crippen molar-refractivity contribution in [2.75, 3.05) is 46.2 Å². The summed E-state index contributed by atoms with van der Waals surface area (Å²) < 4.78 is 21.3. The molecule has 7 nitrogen and oxygen atoms in total. The third kappa shape index (κ3) is 21.3. The first-order valence-electron chi connectivity index (χ1n) is 13.9. The monoisotopic (exact) mass is 507 g/mol. The van der Waals surface area contributed by atoms with Gasteiger partial charge in [-0.1, -0.05) is 81.7 Å². The lowest BCUT2D eigenvalue weighted by Crippen LogP contribution is -2.27. The van der Waals surface area contributed by atoms with Crippen LogP contribution in [0.3, 0.4) is 0 Å². The Morgan fingerprint density at radius 3 is 1.81 bits per heavy atom. The molecule has 206 valence electrons. The van der Waals surface area contributed by atoms with E-state index in [2.05, 4.69) is 5.32 Å². The van der Waals surface area contributed by atoms with Crippen LogP contribution in [-0.2, 0) is 35.1 Å². The molecule has 0 radical (unpaired) electrons. The summed E-state index contributed by atoms with van der Waals surface area (Å²) in [6.45, 7) is 6.38. The number of ether oxygens (including phenoxy) is 4. The maximum Gasteiger partial charge on any atom is 0.306 e. The van der Waals surface area contributed by atoms with Crippen LogP contribution in [0.5, 0.6) is 0 Å². The van der Waals surface area contributed by atoms with Gasteiger partial charge >= 0.3 is 5.97 Å². The highest BCUT2D eigenvalue weighted by Crippen LogP contribution is 2.12. The van der Waals surface area contributed by atoms with Crippen molar-refractivity contribution in [1.29, 1.82) is 0 Å². The Kier molecular flexibility index (Phi) is 22.0. The first-order chi connectivity index (χ1) is 17.7. The molecule has 1 amide bonds. The average Bonchev–Trinajstić information content (AvgIpc) is 2.89. The molecule has 0 spiro atoms. The van der Waals surface area contributed by atoms with Gasteiger partial charge in [0.05, 0.1) is 33.0 Å². The Balaban J connectivity index is 1.75. The van der Waals surface area contributed by atoms with Gasteiger partial charge in [0.25, 0.3) is 0 Å². The second-order valence-corrected chi connectivity index (χ2v) is 8.95. The number of benzene rings is 1. The molecule has 0 aliphatic carbocycles. The second kappa shape index (κ2) is 24.7. The highest BCUT2D eigenvalue weighted by atomic mass is 16.5. The van der Waals surface area contributed by atoms with Gasteiger partial charge in [0.15, 0.2) is 0 Å². The maximum atomic E-state index is 11.8. The van der Waals surface area contributed by atoms with E-state index in [0.717, 1.165) is 31.2 Å². The van der Waals surface area contributed by atoms with Gasteiger partial charge in [0, 0.05) is 26.0 Å². The van der Waals surface area contributed by atoms with Crippen LogP contribution in [0.4, 0.5) is 0 Å². The van der Waals surface area contributed by atoms with Crippen LogP contribution in [0.2, 0.25) is 0 Å². The number of amides is 1. The van der Waals surface area contributed by atoms with Gasteiger partial charge in [0.1, 0.15) is 6.61 Å². The minimum atomic E-state index is -0.101. The van der Waals surface area contributed by atoms with Crippen molar-refractivity contribution in [3.05, 3.63) is 35.9 Å². The quantitative estimate of drug-likeness (QED) is 0.137. The molecule has 7 heteroatoms. The largest absolute Gasteiger partial charge is 0.461 e. The van der Waals surface area contributed by atoms with E-state index in [0.29, 0.717) is 65.6 Å². The molecule has 0 atom stereocenters. The van der Waals surface area contributed by atoms with Gasteiger partial charge in [-0.3, -0.25) is 9.59 Å². The molecule has 0 heterocycles. The smallest absolute Gasteiger partial charge is 0.306 e. The molecule has 0 bridgehead atoms. The maximum absolute atomic E-state index is 11.8. The molecular formula is C29H49NO6. The normalized spacial score (nSPS) is 10.9. The number of hydrogen-bond donors (Lipinski definition) is 1. The molecule has 0 aliphatic rings. The molecule has 36 heavy (non-hydrogen) atoms. The summed E-state index contributed by atoms with van der Waals surface area (Å²) in [5.41, 5.74) is 1.03. The number of esters is 1. The summed E-state index contributed by atoms with van der Waals surface area (Å²) >= 11 is 0. The lowest BCUT2D eigenvalue weighted by Gasteiger charge is -2.07. The van der Waals surface area contributed by atoms with Crippen molar-refractivity contribution < 1.29 is 28.5 Å².